The molecular weight excluding hydrogens is 468 g/mol. The largest absolute Gasteiger partial charge is 2.00 e. The van der Waals surface area contributed by atoms with Gasteiger partial charge in [0.25, 0.3) is 0 Å². The van der Waals surface area contributed by atoms with Crippen molar-refractivity contribution in [3.05, 3.63) is 86.2 Å². The number of allylic oxidation sites excluding steroid dienone is 1. The van der Waals surface area contributed by atoms with E-state index >= 15 is 0 Å². The van der Waals surface area contributed by atoms with Crippen LogP contribution in [0.3, 0.4) is 0 Å². The third kappa shape index (κ3) is 10.4. The Bertz CT molecular complexity index is 809. The molecule has 2 aromatic carbocycles. The van der Waals surface area contributed by atoms with Crippen molar-refractivity contribution < 1.29 is 21.0 Å². The second-order valence-electron chi connectivity index (χ2n) is 8.92. The minimum atomic E-state index is -0.959. The van der Waals surface area contributed by atoms with Gasteiger partial charge in [0.05, 0.1) is 17.1 Å². The average Bonchev–Trinajstić information content (AvgIpc) is 2.70. The zero-order valence-electron chi connectivity index (χ0n) is 22.0. The molecule has 2 aromatic rings. The number of para-hydroxylation sites is 2. The van der Waals surface area contributed by atoms with Crippen molar-refractivity contribution in [3.63, 3.8) is 0 Å². The number of hydrogen-bond acceptors (Lipinski definition) is 2. The molecule has 0 aromatic heterocycles. The summed E-state index contributed by atoms with van der Waals surface area (Å²) in [4.78, 5) is 4.86. The first-order valence-electron chi connectivity index (χ1n) is 11.3. The number of rotatable bonds is 8. The monoisotopic (exact) mass is 511 g/mol. The Hall–Kier alpha value is -1.69. The van der Waals surface area contributed by atoms with Crippen molar-refractivity contribution in [2.45, 2.75) is 78.5 Å². The molecule has 0 atom stereocenters. The van der Waals surface area contributed by atoms with E-state index in [9.17, 15) is 0 Å². The molecule has 2 rings (SSSR count). The molecule has 184 valence electrons. The van der Waals surface area contributed by atoms with Crippen LogP contribution in [0.4, 0.5) is 5.69 Å². The molecule has 0 unspecified atom stereocenters. The number of hydrogen-bond donors (Lipinski definition) is 0. The zero-order chi connectivity index (χ0) is 23.6. The average molecular weight is 512 g/mol. The number of aliphatic imine (C=N–C) groups is 1. The van der Waals surface area contributed by atoms with Crippen LogP contribution in [0.25, 0.3) is 0 Å². The molecule has 0 saturated carbocycles. The van der Waals surface area contributed by atoms with Gasteiger partial charge < -0.3 is 9.52 Å². The smallest absolute Gasteiger partial charge is 0.394 e. The standard InChI is InChI=1S/C25H35NOP.C3H5.CH3.Ni/c1-17(2)22-13-11-14-23(18(3)4)25(22)26-16-21-12-9-10-15-24(21)27-28(19(5)6)20(7)8;1-3-2;;/h9-15,17-20H,1-8H3;3H,1-2H2;1H3;/q2*-1;+1;+2/p+1. The van der Waals surface area contributed by atoms with Gasteiger partial charge in [0.2, 0.25) is 0 Å². The summed E-state index contributed by atoms with van der Waals surface area (Å²) < 4.78 is 6.49. The molecule has 0 saturated heterocycles. The molecule has 0 fully saturated rings. The summed E-state index contributed by atoms with van der Waals surface area (Å²) in [7, 11) is -0.959. The van der Waals surface area contributed by atoms with E-state index in [-0.39, 0.29) is 23.9 Å². The zero-order valence-corrected chi connectivity index (χ0v) is 24.0. The summed E-state index contributed by atoms with van der Waals surface area (Å²) in [6.45, 7) is 24.4. The Morgan fingerprint density at radius 3 is 1.76 bits per heavy atom. The van der Waals surface area contributed by atoms with Gasteiger partial charge in [-0.2, -0.15) is 0 Å². The van der Waals surface area contributed by atoms with Gasteiger partial charge in [-0.1, -0.05) is 74.7 Å². The van der Waals surface area contributed by atoms with E-state index in [0.717, 1.165) is 17.0 Å². The minimum absolute atomic E-state index is 0. The van der Waals surface area contributed by atoms with Crippen molar-refractivity contribution >= 4 is 20.1 Å². The maximum Gasteiger partial charge on any atom is 2.00 e. The van der Waals surface area contributed by atoms with Gasteiger partial charge in [-0.05, 0) is 51.4 Å². The molecule has 4 heteroatoms. The first-order valence-corrected chi connectivity index (χ1v) is 12.8. The van der Waals surface area contributed by atoms with Crippen molar-refractivity contribution in [1.29, 1.82) is 0 Å². The molecule has 0 N–H and O–H groups in total. The first-order chi connectivity index (χ1) is 14.6. The fourth-order valence-corrected chi connectivity index (χ4v) is 5.67. The van der Waals surface area contributed by atoms with Crippen LogP contribution in [0.15, 0.2) is 60.1 Å². The summed E-state index contributed by atoms with van der Waals surface area (Å²) in [6, 6.07) is 14.6. The van der Waals surface area contributed by atoms with E-state index in [0.29, 0.717) is 23.2 Å². The molecule has 0 radical (unpaired) electrons. The Morgan fingerprint density at radius 2 is 1.33 bits per heavy atom. The molecule has 0 aliphatic carbocycles. The van der Waals surface area contributed by atoms with Crippen LogP contribution in [0.1, 0.15) is 83.9 Å². The molecule has 0 aliphatic rings. The second-order valence-corrected chi connectivity index (χ2v) is 12.2. The third-order valence-corrected chi connectivity index (χ3v) is 7.62. The Balaban J connectivity index is 0. The summed E-state index contributed by atoms with van der Waals surface area (Å²) in [5.41, 5.74) is 5.62. The van der Waals surface area contributed by atoms with Crippen LogP contribution in [-0.2, 0) is 16.5 Å². The predicted octanol–water partition coefficient (Wildman–Crippen LogP) is 9.34. The van der Waals surface area contributed by atoms with Crippen LogP contribution in [0.5, 0.6) is 5.75 Å². The third-order valence-electron chi connectivity index (χ3n) is 4.88. The fraction of sp³-hybridized carbons (Fsp3) is 0.414. The molecular formula is C29H44NNiOP+2. The molecule has 2 nitrogen and oxygen atoms in total. The van der Waals surface area contributed by atoms with Gasteiger partial charge in [-0.3, -0.25) is 0 Å². The van der Waals surface area contributed by atoms with E-state index in [1.807, 2.05) is 24.3 Å². The minimum Gasteiger partial charge on any atom is -0.394 e. The summed E-state index contributed by atoms with van der Waals surface area (Å²) >= 11 is 0. The molecule has 0 spiro atoms. The van der Waals surface area contributed by atoms with Crippen molar-refractivity contribution in [2.24, 2.45) is 4.99 Å². The van der Waals surface area contributed by atoms with Gasteiger partial charge in [0, 0.05) is 7.43 Å². The van der Waals surface area contributed by atoms with Crippen LogP contribution in [-0.4, -0.2) is 17.5 Å². The summed E-state index contributed by atoms with van der Waals surface area (Å²) in [5, 5.41) is 0. The quantitative estimate of drug-likeness (QED) is 0.150. The normalized spacial score (nSPS) is 10.8. The Kier molecular flexibility index (Phi) is 17.1. The predicted molar refractivity (Wildman–Crippen MR) is 148 cm³/mol. The van der Waals surface area contributed by atoms with Gasteiger partial charge in [0.15, 0.2) is 8.15 Å². The van der Waals surface area contributed by atoms with Gasteiger partial charge in [-0.15, -0.1) is 12.1 Å². The second kappa shape index (κ2) is 16.9. The SMILES string of the molecule is C=C[CH2-].CC(C)c1cccc(C(C)C)c1N=[C-]c1ccccc1O[PH+](C(C)C)C(C)C.[CH3+].[Ni+2]. The van der Waals surface area contributed by atoms with E-state index < -0.39 is 8.15 Å². The molecule has 0 heterocycles. The molecule has 0 amide bonds. The maximum absolute atomic E-state index is 6.49. The number of benzene rings is 2. The van der Waals surface area contributed by atoms with Crippen molar-refractivity contribution in [1.82, 2.24) is 0 Å². The summed E-state index contributed by atoms with van der Waals surface area (Å²) in [6.07, 6.45) is 4.82. The van der Waals surface area contributed by atoms with Gasteiger partial charge in [-0.25, -0.2) is 19.6 Å². The van der Waals surface area contributed by atoms with Crippen LogP contribution in [0.2, 0.25) is 0 Å². The first kappa shape index (κ1) is 33.5. The van der Waals surface area contributed by atoms with E-state index in [1.54, 1.807) is 0 Å². The Morgan fingerprint density at radius 1 is 0.879 bits per heavy atom. The van der Waals surface area contributed by atoms with Crippen LogP contribution < -0.4 is 4.52 Å². The van der Waals surface area contributed by atoms with Gasteiger partial charge in [0.1, 0.15) is 0 Å². The van der Waals surface area contributed by atoms with E-state index in [2.05, 4.69) is 93.3 Å². The fourth-order valence-electron chi connectivity index (χ4n) is 3.43. The molecule has 0 bridgehead atoms. The maximum atomic E-state index is 6.49. The topological polar surface area (TPSA) is 21.6 Å². The number of nitrogens with zero attached hydrogens (tertiary/aromatic N) is 1. The van der Waals surface area contributed by atoms with Crippen molar-refractivity contribution in [3.8, 4) is 5.75 Å². The van der Waals surface area contributed by atoms with Crippen molar-refractivity contribution in [2.75, 3.05) is 0 Å². The van der Waals surface area contributed by atoms with Crippen LogP contribution in [0, 0.1) is 14.4 Å². The molecule has 0 aliphatic heterocycles. The van der Waals surface area contributed by atoms with E-state index in [1.165, 1.54) is 17.2 Å². The molecule has 33 heavy (non-hydrogen) atoms. The van der Waals surface area contributed by atoms with E-state index in [4.69, 9.17) is 9.52 Å². The Labute approximate surface area is 216 Å². The summed E-state index contributed by atoms with van der Waals surface area (Å²) in [5.74, 6) is 1.74. The van der Waals surface area contributed by atoms with Crippen LogP contribution >= 0.6 is 8.15 Å². The van der Waals surface area contributed by atoms with Gasteiger partial charge >= 0.3 is 16.5 Å².